The zero-order valence-electron chi connectivity index (χ0n) is 11.5. The number of fused-ring (bicyclic) bond motifs is 3. The van der Waals surface area contributed by atoms with Crippen LogP contribution in [0.2, 0.25) is 0 Å². The highest BCUT2D eigenvalue weighted by Crippen LogP contribution is 2.43. The van der Waals surface area contributed by atoms with Crippen LogP contribution in [0.5, 0.6) is 0 Å². The first-order valence-electron chi connectivity index (χ1n) is 6.55. The van der Waals surface area contributed by atoms with Gasteiger partial charge in [0.15, 0.2) is 0 Å². The number of hydrogen-bond acceptors (Lipinski definition) is 1. The van der Waals surface area contributed by atoms with Gasteiger partial charge in [0.2, 0.25) is 0 Å². The van der Waals surface area contributed by atoms with Gasteiger partial charge in [-0.05, 0) is 40.7 Å². The number of aromatic nitrogens is 1. The van der Waals surface area contributed by atoms with E-state index in [1.165, 1.54) is 33.5 Å². The molecule has 0 aliphatic heterocycles. The van der Waals surface area contributed by atoms with Crippen molar-refractivity contribution in [2.45, 2.75) is 39.5 Å². The molecule has 1 nitrogen and oxygen atoms in total. The van der Waals surface area contributed by atoms with E-state index >= 15 is 0 Å². The van der Waals surface area contributed by atoms with Crippen molar-refractivity contribution < 1.29 is 0 Å². The quantitative estimate of drug-likeness (QED) is 0.569. The van der Waals surface area contributed by atoms with Gasteiger partial charge in [0, 0.05) is 18.2 Å². The van der Waals surface area contributed by atoms with Crippen molar-refractivity contribution in [1.29, 1.82) is 0 Å². The van der Waals surface area contributed by atoms with E-state index < -0.39 is 0 Å². The van der Waals surface area contributed by atoms with Crippen LogP contribution in [0.1, 0.15) is 43.2 Å². The number of hydrogen-bond donors (Lipinski definition) is 0. The summed E-state index contributed by atoms with van der Waals surface area (Å²) in [5.74, 6) is 0. The molecule has 0 saturated carbocycles. The van der Waals surface area contributed by atoms with Crippen molar-refractivity contribution >= 4 is 0 Å². The molecule has 92 valence electrons. The zero-order chi connectivity index (χ0) is 12.9. The SMILES string of the molecule is Cc1ccc2c(c1C(C)(C)C)-c1cccnc1C2. The second-order valence-corrected chi connectivity index (χ2v) is 6.22. The Bertz CT molecular complexity index is 618. The summed E-state index contributed by atoms with van der Waals surface area (Å²) in [4.78, 5) is 4.53. The van der Waals surface area contributed by atoms with Gasteiger partial charge in [-0.1, -0.05) is 39.0 Å². The number of pyridine rings is 1. The van der Waals surface area contributed by atoms with Crippen LogP contribution in [0.25, 0.3) is 11.1 Å². The third-order valence-corrected chi connectivity index (χ3v) is 3.77. The van der Waals surface area contributed by atoms with Crippen LogP contribution in [-0.2, 0) is 11.8 Å². The fourth-order valence-corrected chi connectivity index (χ4v) is 3.16. The van der Waals surface area contributed by atoms with Gasteiger partial charge >= 0.3 is 0 Å². The third-order valence-electron chi connectivity index (χ3n) is 3.77. The second-order valence-electron chi connectivity index (χ2n) is 6.22. The van der Waals surface area contributed by atoms with Gasteiger partial charge in [0.25, 0.3) is 0 Å². The monoisotopic (exact) mass is 237 g/mol. The lowest BCUT2D eigenvalue weighted by atomic mass is 9.79. The molecule has 1 heterocycles. The molecular formula is C17H19N. The first-order chi connectivity index (χ1) is 8.48. The summed E-state index contributed by atoms with van der Waals surface area (Å²) in [5, 5.41) is 0. The van der Waals surface area contributed by atoms with E-state index in [9.17, 15) is 0 Å². The molecule has 1 aliphatic rings. The van der Waals surface area contributed by atoms with Crippen LogP contribution in [-0.4, -0.2) is 4.98 Å². The van der Waals surface area contributed by atoms with Crippen LogP contribution in [0, 0.1) is 6.92 Å². The highest BCUT2D eigenvalue weighted by atomic mass is 14.7. The molecule has 1 aromatic heterocycles. The summed E-state index contributed by atoms with van der Waals surface area (Å²) in [6, 6.07) is 8.78. The number of rotatable bonds is 0. The van der Waals surface area contributed by atoms with Gasteiger partial charge < -0.3 is 0 Å². The topological polar surface area (TPSA) is 12.9 Å². The van der Waals surface area contributed by atoms with Crippen molar-refractivity contribution in [3.8, 4) is 11.1 Å². The van der Waals surface area contributed by atoms with Gasteiger partial charge in [-0.2, -0.15) is 0 Å². The van der Waals surface area contributed by atoms with Crippen molar-refractivity contribution in [1.82, 2.24) is 4.98 Å². The first kappa shape index (κ1) is 11.5. The van der Waals surface area contributed by atoms with Gasteiger partial charge in [-0.3, -0.25) is 4.98 Å². The molecule has 0 fully saturated rings. The highest BCUT2D eigenvalue weighted by molar-refractivity contribution is 5.80. The summed E-state index contributed by atoms with van der Waals surface area (Å²) in [6.45, 7) is 9.10. The van der Waals surface area contributed by atoms with Crippen molar-refractivity contribution in [2.75, 3.05) is 0 Å². The molecule has 0 spiro atoms. The van der Waals surface area contributed by atoms with Crippen LogP contribution in [0.4, 0.5) is 0 Å². The van der Waals surface area contributed by atoms with E-state index in [-0.39, 0.29) is 5.41 Å². The lowest BCUT2D eigenvalue weighted by molar-refractivity contribution is 0.587. The summed E-state index contributed by atoms with van der Waals surface area (Å²) in [7, 11) is 0. The van der Waals surface area contributed by atoms with Crippen molar-refractivity contribution in [3.63, 3.8) is 0 Å². The summed E-state index contributed by atoms with van der Waals surface area (Å²) >= 11 is 0. The maximum Gasteiger partial charge on any atom is 0.0526 e. The van der Waals surface area contributed by atoms with Crippen LogP contribution in [0.3, 0.4) is 0 Å². The zero-order valence-corrected chi connectivity index (χ0v) is 11.5. The van der Waals surface area contributed by atoms with E-state index in [0.717, 1.165) is 6.42 Å². The Morgan fingerprint density at radius 3 is 2.61 bits per heavy atom. The average molecular weight is 237 g/mol. The Labute approximate surface area is 109 Å². The van der Waals surface area contributed by atoms with E-state index in [1.54, 1.807) is 0 Å². The largest absolute Gasteiger partial charge is 0.260 e. The Balaban J connectivity index is 2.36. The molecule has 0 atom stereocenters. The molecule has 18 heavy (non-hydrogen) atoms. The van der Waals surface area contributed by atoms with Crippen LogP contribution >= 0.6 is 0 Å². The van der Waals surface area contributed by atoms with Crippen LogP contribution < -0.4 is 0 Å². The molecule has 1 aliphatic carbocycles. The lowest BCUT2D eigenvalue weighted by Gasteiger charge is -2.25. The first-order valence-corrected chi connectivity index (χ1v) is 6.55. The maximum absolute atomic E-state index is 4.53. The molecular weight excluding hydrogens is 218 g/mol. The van der Waals surface area contributed by atoms with E-state index in [4.69, 9.17) is 0 Å². The smallest absolute Gasteiger partial charge is 0.0526 e. The Hall–Kier alpha value is -1.63. The molecule has 0 N–H and O–H groups in total. The maximum atomic E-state index is 4.53. The minimum absolute atomic E-state index is 0.173. The Morgan fingerprint density at radius 1 is 1.11 bits per heavy atom. The molecule has 3 rings (SSSR count). The van der Waals surface area contributed by atoms with E-state index in [0.29, 0.717) is 0 Å². The molecule has 0 radical (unpaired) electrons. The van der Waals surface area contributed by atoms with E-state index in [1.807, 2.05) is 12.3 Å². The van der Waals surface area contributed by atoms with Crippen molar-refractivity contribution in [3.05, 3.63) is 52.8 Å². The lowest BCUT2D eigenvalue weighted by Crippen LogP contribution is -2.15. The van der Waals surface area contributed by atoms with Crippen LogP contribution in [0.15, 0.2) is 30.5 Å². The predicted octanol–water partition coefficient (Wildman–Crippen LogP) is 4.26. The average Bonchev–Trinajstić information content (AvgIpc) is 2.66. The number of nitrogens with zero attached hydrogens (tertiary/aromatic N) is 1. The minimum Gasteiger partial charge on any atom is -0.260 e. The Kier molecular flexibility index (Phi) is 2.34. The third kappa shape index (κ3) is 1.58. The highest BCUT2D eigenvalue weighted by Gasteiger charge is 2.28. The standard InChI is InChI=1S/C17H19N/c1-11-7-8-12-10-14-13(6-5-9-18-14)15(12)16(11)17(2,3)4/h5-9H,10H2,1-4H3. The normalized spacial score (nSPS) is 13.3. The molecule has 0 unspecified atom stereocenters. The fourth-order valence-electron chi connectivity index (χ4n) is 3.16. The molecule has 0 amide bonds. The molecule has 2 aromatic rings. The van der Waals surface area contributed by atoms with Gasteiger partial charge in [0.1, 0.15) is 0 Å². The van der Waals surface area contributed by atoms with Gasteiger partial charge in [-0.25, -0.2) is 0 Å². The fraction of sp³-hybridized carbons (Fsp3) is 0.353. The van der Waals surface area contributed by atoms with Gasteiger partial charge in [-0.15, -0.1) is 0 Å². The van der Waals surface area contributed by atoms with Gasteiger partial charge in [0.05, 0.1) is 5.69 Å². The Morgan fingerprint density at radius 2 is 1.89 bits per heavy atom. The second kappa shape index (κ2) is 3.68. The number of benzene rings is 1. The summed E-state index contributed by atoms with van der Waals surface area (Å²) < 4.78 is 0. The predicted molar refractivity (Wildman–Crippen MR) is 75.9 cm³/mol. The molecule has 0 bridgehead atoms. The molecule has 0 saturated heterocycles. The van der Waals surface area contributed by atoms with E-state index in [2.05, 4.69) is 50.9 Å². The molecule has 1 heteroatoms. The molecule has 1 aromatic carbocycles. The van der Waals surface area contributed by atoms with Crippen molar-refractivity contribution in [2.24, 2.45) is 0 Å². The number of aryl methyl sites for hydroxylation is 1. The summed E-state index contributed by atoms with van der Waals surface area (Å²) in [6.07, 6.45) is 2.88. The minimum atomic E-state index is 0.173. The summed E-state index contributed by atoms with van der Waals surface area (Å²) in [5.41, 5.74) is 8.46.